The maximum absolute atomic E-state index is 12.8. The molecule has 1 aromatic carbocycles. The Morgan fingerprint density at radius 2 is 1.55 bits per heavy atom. The van der Waals surface area contributed by atoms with Gasteiger partial charge in [-0.2, -0.15) is 4.31 Å². The molecule has 0 saturated carbocycles. The summed E-state index contributed by atoms with van der Waals surface area (Å²) in [5.41, 5.74) is 2.01. The largest absolute Gasteiger partial charge is 0.495 e. The molecule has 0 aromatic heterocycles. The van der Waals surface area contributed by atoms with Crippen LogP contribution in [0.5, 0.6) is 5.75 Å². The van der Waals surface area contributed by atoms with E-state index in [0.717, 1.165) is 36.8 Å². The Balaban J connectivity index is 2.45. The van der Waals surface area contributed by atoms with E-state index in [1.807, 2.05) is 13.8 Å². The molecule has 0 radical (unpaired) electrons. The molecule has 1 aromatic rings. The number of rotatable bonds is 3. The molecule has 0 unspecified atom stereocenters. The van der Waals surface area contributed by atoms with Gasteiger partial charge >= 0.3 is 0 Å². The minimum absolute atomic E-state index is 0.296. The zero-order valence-corrected chi connectivity index (χ0v) is 13.3. The van der Waals surface area contributed by atoms with Crippen LogP contribution in [0, 0.1) is 13.8 Å². The Hall–Kier alpha value is -1.07. The first kappa shape index (κ1) is 15.3. The Kier molecular flexibility index (Phi) is 4.70. The molecule has 1 fully saturated rings. The first-order chi connectivity index (χ1) is 9.46. The lowest BCUT2D eigenvalue weighted by molar-refractivity contribution is 0.391. The molecular weight excluding hydrogens is 274 g/mol. The number of ether oxygens (including phenoxy) is 1. The third-order valence-electron chi connectivity index (χ3n) is 3.96. The molecule has 20 heavy (non-hydrogen) atoms. The van der Waals surface area contributed by atoms with Crippen molar-refractivity contribution in [3.05, 3.63) is 23.3 Å². The van der Waals surface area contributed by atoms with E-state index in [0.29, 0.717) is 23.7 Å². The van der Waals surface area contributed by atoms with E-state index in [-0.39, 0.29) is 0 Å². The molecule has 2 rings (SSSR count). The Morgan fingerprint density at radius 1 is 1.00 bits per heavy atom. The number of hydrogen-bond donors (Lipinski definition) is 0. The van der Waals surface area contributed by atoms with E-state index in [4.69, 9.17) is 4.74 Å². The van der Waals surface area contributed by atoms with Gasteiger partial charge in [0.15, 0.2) is 0 Å². The summed E-state index contributed by atoms with van der Waals surface area (Å²) in [7, 11) is -1.94. The molecule has 1 aliphatic heterocycles. The Morgan fingerprint density at radius 3 is 2.10 bits per heavy atom. The molecule has 0 N–H and O–H groups in total. The van der Waals surface area contributed by atoms with Crippen molar-refractivity contribution in [1.29, 1.82) is 0 Å². The topological polar surface area (TPSA) is 46.6 Å². The van der Waals surface area contributed by atoms with Crippen LogP contribution in [-0.4, -0.2) is 32.9 Å². The smallest absolute Gasteiger partial charge is 0.246 e. The molecule has 1 heterocycles. The highest BCUT2D eigenvalue weighted by molar-refractivity contribution is 7.89. The summed E-state index contributed by atoms with van der Waals surface area (Å²) in [4.78, 5) is 0.296. The van der Waals surface area contributed by atoms with Crippen molar-refractivity contribution in [2.24, 2.45) is 0 Å². The van der Waals surface area contributed by atoms with Gasteiger partial charge in [0.1, 0.15) is 10.6 Å². The number of methoxy groups -OCH3 is 1. The zero-order valence-electron chi connectivity index (χ0n) is 12.5. The second-order valence-corrected chi connectivity index (χ2v) is 7.31. The van der Waals surface area contributed by atoms with E-state index in [9.17, 15) is 8.42 Å². The van der Waals surface area contributed by atoms with Gasteiger partial charge < -0.3 is 4.74 Å². The second kappa shape index (κ2) is 6.14. The summed E-state index contributed by atoms with van der Waals surface area (Å²) >= 11 is 0. The molecular formula is C15H23NO3S. The molecule has 5 heteroatoms. The van der Waals surface area contributed by atoms with Crippen LogP contribution in [-0.2, 0) is 10.0 Å². The Labute approximate surface area is 121 Å². The number of aryl methyl sites for hydroxylation is 2. The summed E-state index contributed by atoms with van der Waals surface area (Å²) in [6.45, 7) is 5.10. The van der Waals surface area contributed by atoms with Crippen LogP contribution in [0.25, 0.3) is 0 Å². The molecule has 4 nitrogen and oxygen atoms in total. The summed E-state index contributed by atoms with van der Waals surface area (Å²) in [5.74, 6) is 0.442. The highest BCUT2D eigenvalue weighted by atomic mass is 32.2. The minimum Gasteiger partial charge on any atom is -0.495 e. The normalized spacial score (nSPS) is 17.8. The van der Waals surface area contributed by atoms with Crippen molar-refractivity contribution in [3.8, 4) is 5.75 Å². The van der Waals surface area contributed by atoms with Crippen LogP contribution in [0.3, 0.4) is 0 Å². The van der Waals surface area contributed by atoms with Gasteiger partial charge in [0, 0.05) is 13.1 Å². The number of nitrogens with zero attached hydrogens (tertiary/aromatic N) is 1. The van der Waals surface area contributed by atoms with E-state index in [1.54, 1.807) is 16.4 Å². The van der Waals surface area contributed by atoms with Gasteiger partial charge in [-0.05, 0) is 49.9 Å². The van der Waals surface area contributed by atoms with Crippen LogP contribution in [0.4, 0.5) is 0 Å². The van der Waals surface area contributed by atoms with E-state index < -0.39 is 10.0 Å². The third-order valence-corrected chi connectivity index (χ3v) is 5.88. The molecule has 0 bridgehead atoms. The van der Waals surface area contributed by atoms with Crippen LogP contribution in [0.15, 0.2) is 17.0 Å². The van der Waals surface area contributed by atoms with E-state index >= 15 is 0 Å². The maximum atomic E-state index is 12.8. The predicted molar refractivity (Wildman–Crippen MR) is 79.7 cm³/mol. The van der Waals surface area contributed by atoms with Gasteiger partial charge in [-0.25, -0.2) is 8.42 Å². The van der Waals surface area contributed by atoms with Crippen LogP contribution in [0.2, 0.25) is 0 Å². The second-order valence-electron chi connectivity index (χ2n) is 5.41. The number of benzene rings is 1. The van der Waals surface area contributed by atoms with Crippen molar-refractivity contribution >= 4 is 10.0 Å². The first-order valence-electron chi connectivity index (χ1n) is 7.12. The lowest BCUT2D eigenvalue weighted by Gasteiger charge is -2.22. The van der Waals surface area contributed by atoms with Gasteiger partial charge in [-0.15, -0.1) is 0 Å². The quantitative estimate of drug-likeness (QED) is 0.862. The first-order valence-corrected chi connectivity index (χ1v) is 8.56. The van der Waals surface area contributed by atoms with Gasteiger partial charge in [-0.1, -0.05) is 12.8 Å². The van der Waals surface area contributed by atoms with Gasteiger partial charge in [0.05, 0.1) is 7.11 Å². The van der Waals surface area contributed by atoms with Crippen LogP contribution < -0.4 is 4.74 Å². The van der Waals surface area contributed by atoms with E-state index in [1.165, 1.54) is 7.11 Å². The van der Waals surface area contributed by atoms with Crippen molar-refractivity contribution < 1.29 is 13.2 Å². The van der Waals surface area contributed by atoms with Gasteiger partial charge in [-0.3, -0.25) is 0 Å². The fraction of sp³-hybridized carbons (Fsp3) is 0.600. The summed E-state index contributed by atoms with van der Waals surface area (Å²) < 4.78 is 32.5. The Bertz CT molecular complexity index is 573. The molecule has 1 aliphatic rings. The van der Waals surface area contributed by atoms with Crippen molar-refractivity contribution in [2.45, 2.75) is 44.4 Å². The monoisotopic (exact) mass is 297 g/mol. The third kappa shape index (κ3) is 2.99. The zero-order chi connectivity index (χ0) is 14.8. The fourth-order valence-electron chi connectivity index (χ4n) is 2.55. The highest BCUT2D eigenvalue weighted by Gasteiger charge is 2.28. The van der Waals surface area contributed by atoms with Crippen LogP contribution in [0.1, 0.15) is 36.8 Å². The summed E-state index contributed by atoms with van der Waals surface area (Å²) in [6, 6.07) is 3.54. The molecule has 112 valence electrons. The van der Waals surface area contributed by atoms with Crippen molar-refractivity contribution in [3.63, 3.8) is 0 Å². The van der Waals surface area contributed by atoms with Crippen molar-refractivity contribution in [2.75, 3.05) is 20.2 Å². The van der Waals surface area contributed by atoms with Gasteiger partial charge in [0.25, 0.3) is 0 Å². The lowest BCUT2D eigenvalue weighted by atomic mass is 10.1. The SMILES string of the molecule is COc1cc(C)c(C)cc1S(=O)(=O)N1CCCCCC1. The average molecular weight is 297 g/mol. The lowest BCUT2D eigenvalue weighted by Crippen LogP contribution is -2.32. The molecule has 0 amide bonds. The number of sulfonamides is 1. The van der Waals surface area contributed by atoms with E-state index in [2.05, 4.69) is 0 Å². The van der Waals surface area contributed by atoms with Crippen molar-refractivity contribution in [1.82, 2.24) is 4.31 Å². The predicted octanol–water partition coefficient (Wildman–Crippen LogP) is 2.88. The van der Waals surface area contributed by atoms with Crippen LogP contribution >= 0.6 is 0 Å². The molecule has 0 atom stereocenters. The maximum Gasteiger partial charge on any atom is 0.246 e. The summed E-state index contributed by atoms with van der Waals surface area (Å²) in [6.07, 6.45) is 4.09. The summed E-state index contributed by atoms with van der Waals surface area (Å²) in [5, 5.41) is 0. The van der Waals surface area contributed by atoms with Gasteiger partial charge in [0.2, 0.25) is 10.0 Å². The highest BCUT2D eigenvalue weighted by Crippen LogP contribution is 2.30. The number of hydrogen-bond acceptors (Lipinski definition) is 3. The minimum atomic E-state index is -3.46. The standard InChI is InChI=1S/C15H23NO3S/c1-12-10-14(19-3)15(11-13(12)2)20(17,18)16-8-6-4-5-7-9-16/h10-11H,4-9H2,1-3H3. The fourth-order valence-corrected chi connectivity index (χ4v) is 4.28. The molecule has 1 saturated heterocycles. The average Bonchev–Trinajstić information content (AvgIpc) is 2.70. The molecule has 0 spiro atoms. The molecule has 0 aliphatic carbocycles.